The van der Waals surface area contributed by atoms with Gasteiger partial charge in [-0.05, 0) is 67.9 Å². The molecular weight excluding hydrogens is 520 g/mol. The maximum Gasteiger partial charge on any atom is 0.157 e. The SMILES string of the molecule is CCOc1ccc2nc(-c3ccc(OCCOCCOc4ccc(-c5nc6ccc(C)cc6[nH]5)nc4)cn3)[nH]c2c1. The van der Waals surface area contributed by atoms with Crippen LogP contribution in [-0.2, 0) is 4.74 Å². The van der Waals surface area contributed by atoms with E-state index in [-0.39, 0.29) is 0 Å². The number of aryl methyl sites for hydroxylation is 1. The van der Waals surface area contributed by atoms with Crippen molar-refractivity contribution in [2.75, 3.05) is 33.0 Å². The van der Waals surface area contributed by atoms with Gasteiger partial charge < -0.3 is 28.9 Å². The molecule has 4 aromatic heterocycles. The Balaban J connectivity index is 0.911. The normalized spacial score (nSPS) is 11.3. The Bertz CT molecular complexity index is 1750. The van der Waals surface area contributed by atoms with E-state index in [1.807, 2.05) is 61.5 Å². The molecule has 0 atom stereocenters. The number of H-pyrrole nitrogens is 2. The fourth-order valence-electron chi connectivity index (χ4n) is 4.36. The van der Waals surface area contributed by atoms with E-state index >= 15 is 0 Å². The number of fused-ring (bicyclic) bond motifs is 2. The Hall–Kier alpha value is -4.96. The Morgan fingerprint density at radius 2 is 1.17 bits per heavy atom. The van der Waals surface area contributed by atoms with Crippen molar-refractivity contribution in [1.82, 2.24) is 29.9 Å². The second kappa shape index (κ2) is 12.1. The first-order chi connectivity index (χ1) is 20.1. The predicted octanol–water partition coefficient (Wildman–Crippen LogP) is 5.74. The molecule has 0 saturated carbocycles. The molecule has 2 N–H and O–H groups in total. The molecule has 0 fully saturated rings. The lowest BCUT2D eigenvalue weighted by Crippen LogP contribution is -2.12. The van der Waals surface area contributed by atoms with Crippen molar-refractivity contribution in [2.45, 2.75) is 13.8 Å². The smallest absolute Gasteiger partial charge is 0.157 e. The number of benzene rings is 2. The lowest BCUT2D eigenvalue weighted by Gasteiger charge is -2.09. The van der Waals surface area contributed by atoms with Gasteiger partial charge in [0.05, 0.1) is 54.3 Å². The lowest BCUT2D eigenvalue weighted by atomic mass is 10.2. The van der Waals surface area contributed by atoms with Gasteiger partial charge in [-0.15, -0.1) is 0 Å². The molecule has 0 bridgehead atoms. The van der Waals surface area contributed by atoms with Gasteiger partial charge in [0, 0.05) is 6.07 Å². The fourth-order valence-corrected chi connectivity index (χ4v) is 4.36. The summed E-state index contributed by atoms with van der Waals surface area (Å²) in [7, 11) is 0. The molecule has 2 aromatic carbocycles. The molecular formula is C31H30N6O4. The third-order valence-corrected chi connectivity index (χ3v) is 6.35. The van der Waals surface area contributed by atoms with E-state index < -0.39 is 0 Å². The third kappa shape index (κ3) is 6.28. The van der Waals surface area contributed by atoms with Crippen LogP contribution in [0.5, 0.6) is 17.2 Å². The van der Waals surface area contributed by atoms with Crippen molar-refractivity contribution >= 4 is 22.1 Å². The van der Waals surface area contributed by atoms with Gasteiger partial charge in [-0.25, -0.2) is 19.9 Å². The average molecular weight is 551 g/mol. The van der Waals surface area contributed by atoms with Crippen molar-refractivity contribution < 1.29 is 18.9 Å². The fraction of sp³-hybridized carbons (Fsp3) is 0.226. The van der Waals surface area contributed by atoms with Crippen molar-refractivity contribution in [2.24, 2.45) is 0 Å². The number of rotatable bonds is 12. The Kier molecular flexibility index (Phi) is 7.72. The van der Waals surface area contributed by atoms with Crippen LogP contribution >= 0.6 is 0 Å². The zero-order valence-corrected chi connectivity index (χ0v) is 22.9. The van der Waals surface area contributed by atoms with E-state index in [0.717, 1.165) is 45.0 Å². The average Bonchev–Trinajstić information content (AvgIpc) is 3.61. The van der Waals surface area contributed by atoms with Gasteiger partial charge in [0.2, 0.25) is 0 Å². The monoisotopic (exact) mass is 550 g/mol. The highest BCUT2D eigenvalue weighted by molar-refractivity contribution is 5.80. The van der Waals surface area contributed by atoms with Crippen LogP contribution in [0.25, 0.3) is 45.1 Å². The molecule has 0 aliphatic carbocycles. The molecule has 41 heavy (non-hydrogen) atoms. The summed E-state index contributed by atoms with van der Waals surface area (Å²) in [5, 5.41) is 0. The van der Waals surface area contributed by atoms with Gasteiger partial charge in [0.15, 0.2) is 11.6 Å². The van der Waals surface area contributed by atoms with E-state index in [0.29, 0.717) is 50.4 Å². The quantitative estimate of drug-likeness (QED) is 0.185. The molecule has 0 saturated heterocycles. The number of nitrogens with one attached hydrogen (secondary N) is 2. The van der Waals surface area contributed by atoms with Crippen LogP contribution in [0.2, 0.25) is 0 Å². The maximum absolute atomic E-state index is 5.75. The third-order valence-electron chi connectivity index (χ3n) is 6.35. The van der Waals surface area contributed by atoms with Crippen LogP contribution in [0.4, 0.5) is 0 Å². The number of hydrogen-bond donors (Lipinski definition) is 2. The minimum Gasteiger partial charge on any atom is -0.494 e. The number of aromatic amines is 2. The summed E-state index contributed by atoms with van der Waals surface area (Å²) >= 11 is 0. The Labute approximate surface area is 236 Å². The highest BCUT2D eigenvalue weighted by Gasteiger charge is 2.09. The molecule has 6 rings (SSSR count). The number of aromatic nitrogens is 6. The second-order valence-electron chi connectivity index (χ2n) is 9.37. The number of imidazole rings is 2. The van der Waals surface area contributed by atoms with Crippen LogP contribution in [0.1, 0.15) is 12.5 Å². The second-order valence-corrected chi connectivity index (χ2v) is 9.37. The Morgan fingerprint density at radius 3 is 1.73 bits per heavy atom. The molecule has 0 amide bonds. The van der Waals surface area contributed by atoms with Crippen LogP contribution in [0.15, 0.2) is 73.1 Å². The first-order valence-corrected chi connectivity index (χ1v) is 13.5. The molecule has 4 heterocycles. The van der Waals surface area contributed by atoms with Crippen molar-refractivity contribution in [3.63, 3.8) is 0 Å². The van der Waals surface area contributed by atoms with Crippen LogP contribution in [0.3, 0.4) is 0 Å². The van der Waals surface area contributed by atoms with Gasteiger partial charge in [0.25, 0.3) is 0 Å². The molecule has 6 aromatic rings. The number of pyridine rings is 2. The topological polar surface area (TPSA) is 120 Å². The van der Waals surface area contributed by atoms with Gasteiger partial charge in [-0.1, -0.05) is 6.07 Å². The summed E-state index contributed by atoms with van der Waals surface area (Å²) in [6.45, 7) is 6.30. The molecule has 0 spiro atoms. The zero-order chi connectivity index (χ0) is 28.0. The van der Waals surface area contributed by atoms with Gasteiger partial charge >= 0.3 is 0 Å². The highest BCUT2D eigenvalue weighted by atomic mass is 16.5. The summed E-state index contributed by atoms with van der Waals surface area (Å²) < 4.78 is 22.7. The summed E-state index contributed by atoms with van der Waals surface area (Å²) in [6.07, 6.45) is 3.37. The van der Waals surface area contributed by atoms with Crippen LogP contribution in [0, 0.1) is 6.92 Å². The summed E-state index contributed by atoms with van der Waals surface area (Å²) in [5.74, 6) is 3.57. The van der Waals surface area contributed by atoms with Gasteiger partial charge in [0.1, 0.15) is 41.9 Å². The van der Waals surface area contributed by atoms with Gasteiger partial charge in [-0.2, -0.15) is 0 Å². The first kappa shape index (κ1) is 26.3. The molecule has 208 valence electrons. The molecule has 0 aliphatic rings. The van der Waals surface area contributed by atoms with Crippen molar-refractivity contribution in [1.29, 1.82) is 0 Å². The number of nitrogens with zero attached hydrogens (tertiary/aromatic N) is 4. The number of ether oxygens (including phenoxy) is 4. The molecule has 0 unspecified atom stereocenters. The minimum atomic E-state index is 0.402. The summed E-state index contributed by atoms with van der Waals surface area (Å²) in [5.41, 5.74) is 6.35. The van der Waals surface area contributed by atoms with E-state index in [9.17, 15) is 0 Å². The standard InChI is InChI=1S/C31H30N6O4/c1-3-39-21-5-9-25-29(17-21)37-31(35-25)27-11-7-23(19-33-27)41-15-13-38-12-14-40-22-6-10-26(32-18-22)30-34-24-8-4-20(2)16-28(24)36-30/h4-11,16-19H,3,12-15H2,1-2H3,(H,34,36)(H,35,37). The van der Waals surface area contributed by atoms with E-state index in [4.69, 9.17) is 18.9 Å². The number of hydrogen-bond acceptors (Lipinski definition) is 8. The lowest BCUT2D eigenvalue weighted by molar-refractivity contribution is 0.0762. The van der Waals surface area contributed by atoms with Crippen LogP contribution < -0.4 is 14.2 Å². The highest BCUT2D eigenvalue weighted by Crippen LogP contribution is 2.24. The zero-order valence-electron chi connectivity index (χ0n) is 22.9. The van der Waals surface area contributed by atoms with E-state index in [2.05, 4.69) is 42.9 Å². The molecule has 0 radical (unpaired) electrons. The van der Waals surface area contributed by atoms with Crippen molar-refractivity contribution in [3.8, 4) is 40.3 Å². The molecule has 0 aliphatic heterocycles. The molecule has 10 heteroatoms. The Morgan fingerprint density at radius 1 is 0.610 bits per heavy atom. The molecule has 10 nitrogen and oxygen atoms in total. The summed E-state index contributed by atoms with van der Waals surface area (Å²) in [4.78, 5) is 24.8. The largest absolute Gasteiger partial charge is 0.494 e. The minimum absolute atomic E-state index is 0.402. The van der Waals surface area contributed by atoms with Crippen LogP contribution in [-0.4, -0.2) is 62.9 Å². The van der Waals surface area contributed by atoms with Crippen molar-refractivity contribution in [3.05, 3.63) is 78.6 Å². The maximum atomic E-state index is 5.75. The first-order valence-electron chi connectivity index (χ1n) is 13.5. The predicted molar refractivity (Wildman–Crippen MR) is 156 cm³/mol. The van der Waals surface area contributed by atoms with Gasteiger partial charge in [-0.3, -0.25) is 0 Å². The summed E-state index contributed by atoms with van der Waals surface area (Å²) in [6, 6.07) is 19.4. The van der Waals surface area contributed by atoms with E-state index in [1.165, 1.54) is 5.56 Å². The van der Waals surface area contributed by atoms with E-state index in [1.54, 1.807) is 12.4 Å².